The molecule has 0 aliphatic carbocycles. The molecule has 0 radical (unpaired) electrons. The Labute approximate surface area is 185 Å². The summed E-state index contributed by atoms with van der Waals surface area (Å²) >= 11 is 5.96. The number of sulfonamides is 1. The van der Waals surface area contributed by atoms with Gasteiger partial charge in [-0.15, -0.1) is 0 Å². The van der Waals surface area contributed by atoms with Gasteiger partial charge in [-0.1, -0.05) is 55.3 Å². The molecule has 0 spiro atoms. The SMILES string of the molecule is Cc1cc(C)c(S(=O)(=O)N(CC(=O)NCCC(C)C)Cc2ccc(Cl)cc2)c(C)c1. The van der Waals surface area contributed by atoms with E-state index in [0.717, 1.165) is 17.5 Å². The van der Waals surface area contributed by atoms with Crippen molar-refractivity contribution in [3.63, 3.8) is 0 Å². The molecule has 2 aromatic rings. The van der Waals surface area contributed by atoms with Crippen LogP contribution in [0.2, 0.25) is 5.02 Å². The van der Waals surface area contributed by atoms with Crippen molar-refractivity contribution < 1.29 is 13.2 Å². The number of amides is 1. The standard InChI is InChI=1S/C23H31ClN2O3S/c1-16(2)10-11-25-22(27)15-26(14-20-6-8-21(24)9-7-20)30(28,29)23-18(4)12-17(3)13-19(23)5/h6-9,12-13,16H,10-11,14-15H2,1-5H3,(H,25,27). The minimum atomic E-state index is -3.88. The lowest BCUT2D eigenvalue weighted by Crippen LogP contribution is -2.41. The van der Waals surface area contributed by atoms with Crippen LogP contribution >= 0.6 is 11.6 Å². The van der Waals surface area contributed by atoms with Crippen molar-refractivity contribution in [2.75, 3.05) is 13.1 Å². The van der Waals surface area contributed by atoms with Crippen molar-refractivity contribution in [3.05, 3.63) is 63.7 Å². The van der Waals surface area contributed by atoms with Gasteiger partial charge >= 0.3 is 0 Å². The molecule has 0 fully saturated rings. The molecule has 2 rings (SSSR count). The van der Waals surface area contributed by atoms with Crippen molar-refractivity contribution in [1.82, 2.24) is 9.62 Å². The first-order valence-corrected chi connectivity index (χ1v) is 11.9. The van der Waals surface area contributed by atoms with Crippen LogP contribution in [0, 0.1) is 26.7 Å². The van der Waals surface area contributed by atoms with Crippen molar-refractivity contribution in [1.29, 1.82) is 0 Å². The van der Waals surface area contributed by atoms with Crippen LogP contribution in [0.3, 0.4) is 0 Å². The number of rotatable bonds is 9. The molecule has 0 saturated heterocycles. The van der Waals surface area contributed by atoms with Crippen molar-refractivity contribution in [2.45, 2.75) is 52.5 Å². The molecule has 2 aromatic carbocycles. The van der Waals surface area contributed by atoms with Crippen LogP contribution in [-0.2, 0) is 21.4 Å². The van der Waals surface area contributed by atoms with Crippen LogP contribution in [0.5, 0.6) is 0 Å². The number of benzene rings is 2. The van der Waals surface area contributed by atoms with Gasteiger partial charge in [-0.2, -0.15) is 4.31 Å². The summed E-state index contributed by atoms with van der Waals surface area (Å²) in [6.07, 6.45) is 0.839. The van der Waals surface area contributed by atoms with Gasteiger partial charge in [0.1, 0.15) is 0 Å². The van der Waals surface area contributed by atoms with Gasteiger partial charge in [-0.3, -0.25) is 4.79 Å². The summed E-state index contributed by atoms with van der Waals surface area (Å²) in [5.41, 5.74) is 3.11. The first-order valence-electron chi connectivity index (χ1n) is 10.1. The summed E-state index contributed by atoms with van der Waals surface area (Å²) < 4.78 is 28.4. The minimum absolute atomic E-state index is 0.0872. The van der Waals surface area contributed by atoms with E-state index in [2.05, 4.69) is 19.2 Å². The first-order chi connectivity index (χ1) is 14.0. The second-order valence-corrected chi connectivity index (χ2v) is 10.5. The topological polar surface area (TPSA) is 66.5 Å². The number of hydrogen-bond donors (Lipinski definition) is 1. The molecule has 0 aromatic heterocycles. The molecule has 164 valence electrons. The fourth-order valence-electron chi connectivity index (χ4n) is 3.44. The van der Waals surface area contributed by atoms with E-state index < -0.39 is 10.0 Å². The van der Waals surface area contributed by atoms with Crippen molar-refractivity contribution in [3.8, 4) is 0 Å². The summed E-state index contributed by atoms with van der Waals surface area (Å²) in [7, 11) is -3.88. The highest BCUT2D eigenvalue weighted by molar-refractivity contribution is 7.89. The summed E-state index contributed by atoms with van der Waals surface area (Å²) in [5.74, 6) is 0.146. The molecule has 30 heavy (non-hydrogen) atoms. The van der Waals surface area contributed by atoms with Crippen LogP contribution < -0.4 is 5.32 Å². The van der Waals surface area contributed by atoms with Crippen LogP contribution in [0.4, 0.5) is 0 Å². The normalized spacial score (nSPS) is 11.9. The highest BCUT2D eigenvalue weighted by Crippen LogP contribution is 2.26. The Bertz CT molecular complexity index is 963. The summed E-state index contributed by atoms with van der Waals surface area (Å²) in [4.78, 5) is 12.8. The average Bonchev–Trinajstić information content (AvgIpc) is 2.61. The number of nitrogens with one attached hydrogen (secondary N) is 1. The Morgan fingerprint density at radius 2 is 1.63 bits per heavy atom. The Balaban J connectivity index is 2.36. The number of carbonyl (C=O) groups is 1. The van der Waals surface area contributed by atoms with Crippen molar-refractivity contribution >= 4 is 27.5 Å². The number of aryl methyl sites for hydroxylation is 3. The zero-order valence-corrected chi connectivity index (χ0v) is 19.9. The summed E-state index contributed by atoms with van der Waals surface area (Å²) in [6, 6.07) is 10.7. The van der Waals surface area contributed by atoms with E-state index in [0.29, 0.717) is 28.6 Å². The van der Waals surface area contributed by atoms with Gasteiger partial charge < -0.3 is 5.32 Å². The fourth-order valence-corrected chi connectivity index (χ4v) is 5.36. The molecular formula is C23H31ClN2O3S. The maximum atomic E-state index is 13.6. The van der Waals surface area contributed by atoms with Gasteiger partial charge in [-0.25, -0.2) is 8.42 Å². The molecule has 0 saturated carbocycles. The quantitative estimate of drug-likeness (QED) is 0.606. The number of halogens is 1. The smallest absolute Gasteiger partial charge is 0.244 e. The molecule has 1 N–H and O–H groups in total. The monoisotopic (exact) mass is 450 g/mol. The third-order valence-corrected chi connectivity index (χ3v) is 7.19. The van der Waals surface area contributed by atoms with Gasteiger partial charge in [0.15, 0.2) is 0 Å². The first kappa shape index (κ1) is 24.4. The molecule has 0 unspecified atom stereocenters. The lowest BCUT2D eigenvalue weighted by atomic mass is 10.1. The molecule has 0 aliphatic heterocycles. The predicted octanol–water partition coefficient (Wildman–Crippen LogP) is 4.62. The lowest BCUT2D eigenvalue weighted by Gasteiger charge is -2.24. The van der Waals surface area contributed by atoms with E-state index in [-0.39, 0.29) is 23.9 Å². The number of hydrogen-bond acceptors (Lipinski definition) is 3. The predicted molar refractivity (Wildman–Crippen MR) is 122 cm³/mol. The third kappa shape index (κ3) is 6.56. The average molecular weight is 451 g/mol. The summed E-state index contributed by atoms with van der Waals surface area (Å²) in [6.45, 7) is 10.0. The molecule has 0 heterocycles. The Hall–Kier alpha value is -1.89. The zero-order valence-electron chi connectivity index (χ0n) is 18.3. The largest absolute Gasteiger partial charge is 0.355 e. The highest BCUT2D eigenvalue weighted by Gasteiger charge is 2.29. The third-order valence-electron chi connectivity index (χ3n) is 4.84. The second kappa shape index (κ2) is 10.4. The lowest BCUT2D eigenvalue weighted by molar-refractivity contribution is -0.121. The van der Waals surface area contributed by atoms with Crippen LogP contribution in [-0.4, -0.2) is 31.7 Å². The van der Waals surface area contributed by atoms with Gasteiger partial charge in [-0.05, 0) is 61.9 Å². The van der Waals surface area contributed by atoms with E-state index >= 15 is 0 Å². The highest BCUT2D eigenvalue weighted by atomic mass is 35.5. The van der Waals surface area contributed by atoms with E-state index in [1.807, 2.05) is 19.1 Å². The van der Waals surface area contributed by atoms with E-state index in [4.69, 9.17) is 11.6 Å². The van der Waals surface area contributed by atoms with Crippen LogP contribution in [0.1, 0.15) is 42.5 Å². The molecule has 5 nitrogen and oxygen atoms in total. The molecule has 0 bridgehead atoms. The second-order valence-electron chi connectivity index (χ2n) is 8.16. The van der Waals surface area contributed by atoms with Crippen molar-refractivity contribution in [2.24, 2.45) is 5.92 Å². The van der Waals surface area contributed by atoms with Gasteiger partial charge in [0.05, 0.1) is 11.4 Å². The maximum absolute atomic E-state index is 13.6. The Kier molecular flexibility index (Phi) is 8.47. The Morgan fingerprint density at radius 1 is 1.07 bits per heavy atom. The van der Waals surface area contributed by atoms with Gasteiger partial charge in [0, 0.05) is 18.1 Å². The van der Waals surface area contributed by atoms with Crippen LogP contribution in [0.15, 0.2) is 41.3 Å². The molecule has 0 atom stereocenters. The minimum Gasteiger partial charge on any atom is -0.355 e. The fraction of sp³-hybridized carbons (Fsp3) is 0.435. The van der Waals surface area contributed by atoms with Crippen LogP contribution in [0.25, 0.3) is 0 Å². The van der Waals surface area contributed by atoms with E-state index in [9.17, 15) is 13.2 Å². The number of nitrogens with zero attached hydrogens (tertiary/aromatic N) is 1. The number of carbonyl (C=O) groups excluding carboxylic acids is 1. The Morgan fingerprint density at radius 3 is 2.17 bits per heavy atom. The molecule has 7 heteroatoms. The molecular weight excluding hydrogens is 420 g/mol. The molecule has 1 amide bonds. The summed E-state index contributed by atoms with van der Waals surface area (Å²) in [5, 5.41) is 3.41. The van der Waals surface area contributed by atoms with E-state index in [1.165, 1.54) is 4.31 Å². The van der Waals surface area contributed by atoms with Gasteiger partial charge in [0.2, 0.25) is 15.9 Å². The zero-order chi connectivity index (χ0) is 22.5. The van der Waals surface area contributed by atoms with Gasteiger partial charge in [0.25, 0.3) is 0 Å². The van der Waals surface area contributed by atoms with E-state index in [1.54, 1.807) is 38.1 Å². The maximum Gasteiger partial charge on any atom is 0.244 e. The molecule has 0 aliphatic rings.